The first-order valence-corrected chi connectivity index (χ1v) is 14.8. The van der Waals surface area contributed by atoms with Crippen molar-refractivity contribution in [2.75, 3.05) is 41.3 Å². The Hall–Kier alpha value is -4.39. The molecule has 13 nitrogen and oxygen atoms in total. The van der Waals surface area contributed by atoms with Crippen molar-refractivity contribution >= 4 is 31.0 Å². The number of benzene rings is 3. The molecule has 0 N–H and O–H groups in total. The minimum atomic E-state index is -4.50. The van der Waals surface area contributed by atoms with E-state index in [2.05, 4.69) is 4.90 Å². The zero-order valence-electron chi connectivity index (χ0n) is 24.5. The number of likely N-dealkylation sites (N-methyl/N-ethyl adjacent to an activating group) is 1. The molecule has 1 heterocycles. The summed E-state index contributed by atoms with van der Waals surface area (Å²) in [7, 11) is 1.04. The molecule has 0 amide bonds. The molecular weight excluding hydrogens is 595 g/mol. The highest BCUT2D eigenvalue weighted by Gasteiger charge is 2.30. The highest BCUT2D eigenvalue weighted by molar-refractivity contribution is 7.48. The molecule has 0 saturated heterocycles. The standard InChI is InChI=1S/C30H33N2O11P/c1-31(2)17-16-23-19-32(28-15-14-26(36-3)18-27(23)28)20-39-44(35,40-21-37-29(33)42-24-10-6-4-7-11-24)41-22-38-30(34)43-25-12-8-5-9-13-25/h4-15,18-19H,16-17,20-22H2,1-3H3. The van der Waals surface area contributed by atoms with Crippen LogP contribution in [0.4, 0.5) is 9.59 Å². The van der Waals surface area contributed by atoms with E-state index in [1.54, 1.807) is 78.4 Å². The number of methoxy groups -OCH3 is 1. The van der Waals surface area contributed by atoms with Gasteiger partial charge in [0.2, 0.25) is 13.6 Å². The molecule has 0 spiro atoms. The fourth-order valence-corrected chi connectivity index (χ4v) is 4.73. The first-order valence-electron chi connectivity index (χ1n) is 13.4. The summed E-state index contributed by atoms with van der Waals surface area (Å²) in [5, 5.41) is 0.922. The number of carbonyl (C=O) groups excluding carboxylic acids is 2. The minimum Gasteiger partial charge on any atom is -0.497 e. The predicted octanol–water partition coefficient (Wildman–Crippen LogP) is 6.22. The lowest BCUT2D eigenvalue weighted by atomic mass is 10.1. The molecule has 0 atom stereocenters. The molecule has 4 rings (SSSR count). The molecule has 0 aliphatic heterocycles. The van der Waals surface area contributed by atoms with Gasteiger partial charge in [-0.1, -0.05) is 36.4 Å². The van der Waals surface area contributed by atoms with Crippen LogP contribution in [0.5, 0.6) is 17.2 Å². The van der Waals surface area contributed by atoms with E-state index in [-0.39, 0.29) is 18.2 Å². The zero-order valence-corrected chi connectivity index (χ0v) is 25.3. The normalized spacial score (nSPS) is 11.4. The van der Waals surface area contributed by atoms with E-state index in [0.717, 1.165) is 29.4 Å². The number of phosphoric acid groups is 1. The maximum Gasteiger partial charge on any atom is 0.515 e. The monoisotopic (exact) mass is 628 g/mol. The summed E-state index contributed by atoms with van der Waals surface area (Å²) in [5.74, 6) is 1.15. The smallest absolute Gasteiger partial charge is 0.497 e. The lowest BCUT2D eigenvalue weighted by Gasteiger charge is -2.18. The molecule has 0 aliphatic rings. The van der Waals surface area contributed by atoms with Gasteiger partial charge in [0.05, 0.1) is 12.6 Å². The maximum atomic E-state index is 13.6. The van der Waals surface area contributed by atoms with Crippen LogP contribution in [0.2, 0.25) is 0 Å². The highest BCUT2D eigenvalue weighted by Crippen LogP contribution is 2.50. The number of nitrogens with zero attached hydrogens (tertiary/aromatic N) is 2. The fraction of sp³-hybridized carbons (Fsp3) is 0.267. The van der Waals surface area contributed by atoms with Gasteiger partial charge in [0, 0.05) is 18.1 Å². The number of fused-ring (bicyclic) bond motifs is 1. The number of phosphoric ester groups is 1. The Bertz CT molecular complexity index is 1500. The molecule has 0 unspecified atom stereocenters. The molecule has 234 valence electrons. The van der Waals surface area contributed by atoms with Crippen LogP contribution in [-0.4, -0.2) is 63.1 Å². The number of hydrogen-bond acceptors (Lipinski definition) is 12. The first-order chi connectivity index (χ1) is 21.2. The van der Waals surface area contributed by atoms with Crippen molar-refractivity contribution in [3.63, 3.8) is 0 Å². The summed E-state index contributed by atoms with van der Waals surface area (Å²) in [6.45, 7) is -1.20. The Morgan fingerprint density at radius 1 is 0.773 bits per heavy atom. The average Bonchev–Trinajstić information content (AvgIpc) is 3.36. The number of carbonyl (C=O) groups is 2. The Morgan fingerprint density at radius 2 is 1.34 bits per heavy atom. The van der Waals surface area contributed by atoms with E-state index in [9.17, 15) is 14.2 Å². The van der Waals surface area contributed by atoms with Crippen LogP contribution in [0.3, 0.4) is 0 Å². The lowest BCUT2D eigenvalue weighted by Crippen LogP contribution is -2.16. The van der Waals surface area contributed by atoms with Gasteiger partial charge < -0.3 is 33.2 Å². The van der Waals surface area contributed by atoms with Crippen molar-refractivity contribution in [2.45, 2.75) is 13.2 Å². The molecule has 0 radical (unpaired) electrons. The second-order valence-electron chi connectivity index (χ2n) is 9.38. The van der Waals surface area contributed by atoms with E-state index < -0.39 is 33.7 Å². The Labute approximate surface area is 254 Å². The summed E-state index contributed by atoms with van der Waals surface area (Å²) < 4.78 is 56.5. The van der Waals surface area contributed by atoms with Crippen molar-refractivity contribution in [2.24, 2.45) is 0 Å². The molecule has 3 aromatic carbocycles. The van der Waals surface area contributed by atoms with Crippen molar-refractivity contribution in [1.82, 2.24) is 9.47 Å². The summed E-state index contributed by atoms with van der Waals surface area (Å²) in [6, 6.07) is 21.9. The molecule has 0 bridgehead atoms. The van der Waals surface area contributed by atoms with Crippen molar-refractivity contribution in [3.05, 3.63) is 90.6 Å². The van der Waals surface area contributed by atoms with E-state index in [0.29, 0.717) is 5.75 Å². The topological polar surface area (TPSA) is 133 Å². The van der Waals surface area contributed by atoms with E-state index >= 15 is 0 Å². The van der Waals surface area contributed by atoms with Crippen molar-refractivity contribution < 1.29 is 51.4 Å². The second kappa shape index (κ2) is 15.9. The van der Waals surface area contributed by atoms with Gasteiger partial charge in [-0.25, -0.2) is 23.2 Å². The van der Waals surface area contributed by atoms with Crippen LogP contribution in [0.15, 0.2) is 85.1 Å². The fourth-order valence-electron chi connectivity index (χ4n) is 3.88. The number of hydrogen-bond donors (Lipinski definition) is 0. The second-order valence-corrected chi connectivity index (χ2v) is 11.0. The first kappa shape index (κ1) is 32.5. The molecule has 0 saturated carbocycles. The average molecular weight is 629 g/mol. The Morgan fingerprint density at radius 3 is 1.86 bits per heavy atom. The third kappa shape index (κ3) is 9.83. The predicted molar refractivity (Wildman–Crippen MR) is 158 cm³/mol. The zero-order chi connectivity index (χ0) is 31.4. The van der Waals surface area contributed by atoms with Crippen LogP contribution in [-0.2, 0) is 40.8 Å². The summed E-state index contributed by atoms with van der Waals surface area (Å²) in [4.78, 5) is 26.2. The third-order valence-corrected chi connectivity index (χ3v) is 7.29. The van der Waals surface area contributed by atoms with Crippen LogP contribution in [0.25, 0.3) is 10.9 Å². The minimum absolute atomic E-state index is 0.236. The van der Waals surface area contributed by atoms with Crippen molar-refractivity contribution in [1.29, 1.82) is 0 Å². The maximum absolute atomic E-state index is 13.6. The van der Waals surface area contributed by atoms with E-state index in [4.69, 9.17) is 37.3 Å². The van der Waals surface area contributed by atoms with Gasteiger partial charge in [-0.3, -0.25) is 4.52 Å². The summed E-state index contributed by atoms with van der Waals surface area (Å²) in [6.07, 6.45) is 0.366. The van der Waals surface area contributed by atoms with Gasteiger partial charge in [0.15, 0.2) is 0 Å². The Balaban J connectivity index is 1.43. The van der Waals surface area contributed by atoms with Gasteiger partial charge in [0.25, 0.3) is 0 Å². The van der Waals surface area contributed by atoms with E-state index in [1.807, 2.05) is 32.4 Å². The molecular formula is C30H33N2O11P. The van der Waals surface area contributed by atoms with Crippen molar-refractivity contribution in [3.8, 4) is 17.2 Å². The largest absolute Gasteiger partial charge is 0.515 e. The molecule has 0 fully saturated rings. The molecule has 4 aromatic rings. The van der Waals surface area contributed by atoms with Crippen LogP contribution >= 0.6 is 7.82 Å². The SMILES string of the molecule is COc1ccc2c(c1)c(CCN(C)C)cn2COP(=O)(OCOC(=O)Oc1ccccc1)OCOC(=O)Oc1ccccc1. The molecule has 14 heteroatoms. The van der Waals surface area contributed by atoms with Gasteiger partial charge in [-0.15, -0.1) is 0 Å². The van der Waals surface area contributed by atoms with Gasteiger partial charge in [0.1, 0.15) is 24.0 Å². The molecule has 44 heavy (non-hydrogen) atoms. The number of rotatable bonds is 15. The van der Waals surface area contributed by atoms with Gasteiger partial charge >= 0.3 is 20.1 Å². The summed E-state index contributed by atoms with van der Waals surface area (Å²) in [5.41, 5.74) is 1.78. The third-order valence-electron chi connectivity index (χ3n) is 6.02. The quantitative estimate of drug-likeness (QED) is 0.0641. The highest BCUT2D eigenvalue weighted by atomic mass is 31.2. The van der Waals surface area contributed by atoms with Gasteiger partial charge in [-0.05, 0) is 68.5 Å². The Kier molecular flexibility index (Phi) is 11.8. The summed E-state index contributed by atoms with van der Waals surface area (Å²) >= 11 is 0. The van der Waals surface area contributed by atoms with Crippen LogP contribution in [0.1, 0.15) is 5.56 Å². The molecule has 1 aromatic heterocycles. The number of para-hydroxylation sites is 2. The van der Waals surface area contributed by atoms with Crippen LogP contribution < -0.4 is 14.2 Å². The number of aromatic nitrogens is 1. The molecule has 0 aliphatic carbocycles. The van der Waals surface area contributed by atoms with Gasteiger partial charge in [-0.2, -0.15) is 0 Å². The lowest BCUT2D eigenvalue weighted by molar-refractivity contribution is -0.0289. The van der Waals surface area contributed by atoms with E-state index in [1.165, 1.54) is 0 Å². The number of ether oxygens (including phenoxy) is 5. The van der Waals surface area contributed by atoms with Crippen LogP contribution in [0, 0.1) is 0 Å².